The number of nitrogens with zero attached hydrogens (tertiary/aromatic N) is 2. The van der Waals surface area contributed by atoms with Crippen molar-refractivity contribution in [3.63, 3.8) is 0 Å². The van der Waals surface area contributed by atoms with Gasteiger partial charge in [0.2, 0.25) is 11.8 Å². The van der Waals surface area contributed by atoms with E-state index in [1.54, 1.807) is 12.1 Å². The second-order valence-corrected chi connectivity index (χ2v) is 6.44. The summed E-state index contributed by atoms with van der Waals surface area (Å²) < 4.78 is 10.6. The number of hydrogen-bond donors (Lipinski definition) is 1. The smallest absolute Gasteiger partial charge is 0.306 e. The van der Waals surface area contributed by atoms with Crippen LogP contribution in [0.5, 0.6) is 0 Å². The SMILES string of the molecule is Cc1ccc(NC(=O)COC(=O)CCc2nnc(-c3ccc(C)cc3)o2)cc1. The van der Waals surface area contributed by atoms with Gasteiger partial charge >= 0.3 is 5.97 Å². The van der Waals surface area contributed by atoms with Gasteiger partial charge in [-0.2, -0.15) is 0 Å². The number of hydrogen-bond acceptors (Lipinski definition) is 6. The molecule has 0 aliphatic carbocycles. The van der Waals surface area contributed by atoms with Crippen LogP contribution in [0, 0.1) is 13.8 Å². The molecule has 1 heterocycles. The van der Waals surface area contributed by atoms with Crippen LogP contribution in [0.4, 0.5) is 5.69 Å². The van der Waals surface area contributed by atoms with Gasteiger partial charge in [0.05, 0.1) is 6.42 Å². The molecule has 0 bridgehead atoms. The second-order valence-electron chi connectivity index (χ2n) is 6.44. The highest BCUT2D eigenvalue weighted by molar-refractivity contribution is 5.92. The van der Waals surface area contributed by atoms with E-state index in [1.165, 1.54) is 0 Å². The van der Waals surface area contributed by atoms with E-state index >= 15 is 0 Å². The Morgan fingerprint density at radius 1 is 0.964 bits per heavy atom. The van der Waals surface area contributed by atoms with Crippen molar-refractivity contribution >= 4 is 17.6 Å². The Hall–Kier alpha value is -3.48. The van der Waals surface area contributed by atoms with Crippen LogP contribution in [0.3, 0.4) is 0 Å². The summed E-state index contributed by atoms with van der Waals surface area (Å²) in [4.78, 5) is 23.7. The van der Waals surface area contributed by atoms with Crippen molar-refractivity contribution in [1.29, 1.82) is 0 Å². The first-order valence-electron chi connectivity index (χ1n) is 8.91. The quantitative estimate of drug-likeness (QED) is 0.632. The molecular formula is C21H21N3O4. The van der Waals surface area contributed by atoms with Crippen molar-refractivity contribution in [2.45, 2.75) is 26.7 Å². The average molecular weight is 379 g/mol. The highest BCUT2D eigenvalue weighted by Gasteiger charge is 2.12. The molecule has 0 aliphatic rings. The maximum Gasteiger partial charge on any atom is 0.306 e. The molecule has 0 fully saturated rings. The summed E-state index contributed by atoms with van der Waals surface area (Å²) in [7, 11) is 0. The van der Waals surface area contributed by atoms with Crippen LogP contribution in [0.25, 0.3) is 11.5 Å². The van der Waals surface area contributed by atoms with Crippen molar-refractivity contribution in [2.24, 2.45) is 0 Å². The van der Waals surface area contributed by atoms with Crippen LogP contribution < -0.4 is 5.32 Å². The molecule has 0 atom stereocenters. The van der Waals surface area contributed by atoms with Gasteiger partial charge in [0, 0.05) is 17.7 Å². The molecule has 2 aromatic carbocycles. The first-order valence-corrected chi connectivity index (χ1v) is 8.91. The Balaban J connectivity index is 1.42. The summed E-state index contributed by atoms with van der Waals surface area (Å²) in [5.74, 6) is -0.150. The summed E-state index contributed by atoms with van der Waals surface area (Å²) in [5.41, 5.74) is 3.70. The van der Waals surface area contributed by atoms with Gasteiger partial charge in [0.1, 0.15) is 0 Å². The molecule has 3 rings (SSSR count). The van der Waals surface area contributed by atoms with E-state index in [1.807, 2.05) is 50.2 Å². The van der Waals surface area contributed by atoms with E-state index in [0.29, 0.717) is 17.5 Å². The zero-order valence-electron chi connectivity index (χ0n) is 15.8. The summed E-state index contributed by atoms with van der Waals surface area (Å²) in [5, 5.41) is 10.6. The standard InChI is InChI=1S/C21H21N3O4/c1-14-3-7-16(8-4-14)21-24-23-19(28-21)11-12-20(26)27-13-18(25)22-17-9-5-15(2)6-10-17/h3-10H,11-13H2,1-2H3,(H,22,25). The van der Waals surface area contributed by atoms with Gasteiger partial charge in [-0.1, -0.05) is 35.4 Å². The molecule has 28 heavy (non-hydrogen) atoms. The fourth-order valence-electron chi connectivity index (χ4n) is 2.43. The van der Waals surface area contributed by atoms with Gasteiger partial charge in [-0.05, 0) is 38.1 Å². The average Bonchev–Trinajstić information content (AvgIpc) is 3.16. The van der Waals surface area contributed by atoms with Crippen LogP contribution in [0.2, 0.25) is 0 Å². The van der Waals surface area contributed by atoms with Gasteiger partial charge in [0.25, 0.3) is 5.91 Å². The lowest BCUT2D eigenvalue weighted by atomic mass is 10.1. The van der Waals surface area contributed by atoms with Crippen molar-refractivity contribution in [3.8, 4) is 11.5 Å². The van der Waals surface area contributed by atoms with Crippen molar-refractivity contribution in [2.75, 3.05) is 11.9 Å². The molecule has 7 heteroatoms. The number of rotatable bonds is 7. The van der Waals surface area contributed by atoms with Crippen molar-refractivity contribution in [3.05, 3.63) is 65.5 Å². The molecule has 1 aromatic heterocycles. The fraction of sp³-hybridized carbons (Fsp3) is 0.238. The minimum absolute atomic E-state index is 0.0490. The lowest BCUT2D eigenvalue weighted by Crippen LogP contribution is -2.21. The Labute approximate surface area is 162 Å². The highest BCUT2D eigenvalue weighted by Crippen LogP contribution is 2.18. The molecule has 7 nitrogen and oxygen atoms in total. The van der Waals surface area contributed by atoms with Gasteiger partial charge < -0.3 is 14.5 Å². The lowest BCUT2D eigenvalue weighted by Gasteiger charge is -2.06. The minimum atomic E-state index is -0.505. The molecule has 0 radical (unpaired) electrons. The molecule has 0 saturated carbocycles. The van der Waals surface area contributed by atoms with E-state index in [-0.39, 0.29) is 19.4 Å². The largest absolute Gasteiger partial charge is 0.456 e. The summed E-state index contributed by atoms with van der Waals surface area (Å²) >= 11 is 0. The zero-order valence-corrected chi connectivity index (χ0v) is 15.8. The van der Waals surface area contributed by atoms with Gasteiger partial charge in [-0.3, -0.25) is 9.59 Å². The van der Waals surface area contributed by atoms with Crippen LogP contribution in [0.15, 0.2) is 52.9 Å². The zero-order chi connectivity index (χ0) is 19.9. The topological polar surface area (TPSA) is 94.3 Å². The van der Waals surface area contributed by atoms with Crippen LogP contribution in [-0.4, -0.2) is 28.7 Å². The third-order valence-corrected chi connectivity index (χ3v) is 4.01. The van der Waals surface area contributed by atoms with Gasteiger partial charge in [0.15, 0.2) is 6.61 Å². The Bertz CT molecular complexity index is 947. The number of aryl methyl sites for hydroxylation is 3. The highest BCUT2D eigenvalue weighted by atomic mass is 16.5. The first-order chi connectivity index (χ1) is 13.5. The second kappa shape index (κ2) is 8.94. The molecule has 144 valence electrons. The van der Waals surface area contributed by atoms with E-state index in [4.69, 9.17) is 9.15 Å². The number of aromatic nitrogens is 2. The van der Waals surface area contributed by atoms with E-state index < -0.39 is 11.9 Å². The molecule has 0 aliphatic heterocycles. The molecule has 1 amide bonds. The normalized spacial score (nSPS) is 10.5. The molecule has 0 spiro atoms. The summed E-state index contributed by atoms with van der Waals surface area (Å²) in [6, 6.07) is 15.1. The third kappa shape index (κ3) is 5.51. The Kier molecular flexibility index (Phi) is 6.16. The number of carbonyl (C=O) groups is 2. The molecule has 0 unspecified atom stereocenters. The first kappa shape index (κ1) is 19.3. The Morgan fingerprint density at radius 2 is 1.61 bits per heavy atom. The maximum absolute atomic E-state index is 11.8. The van der Waals surface area contributed by atoms with Crippen LogP contribution in [-0.2, 0) is 20.7 Å². The maximum atomic E-state index is 11.8. The van der Waals surface area contributed by atoms with Crippen molar-refractivity contribution in [1.82, 2.24) is 10.2 Å². The number of carbonyl (C=O) groups excluding carboxylic acids is 2. The number of esters is 1. The lowest BCUT2D eigenvalue weighted by molar-refractivity contribution is -0.147. The molecular weight excluding hydrogens is 358 g/mol. The number of nitrogens with one attached hydrogen (secondary N) is 1. The fourth-order valence-corrected chi connectivity index (χ4v) is 2.43. The van der Waals surface area contributed by atoms with Crippen molar-refractivity contribution < 1.29 is 18.7 Å². The van der Waals surface area contributed by atoms with E-state index in [2.05, 4.69) is 15.5 Å². The molecule has 3 aromatic rings. The Morgan fingerprint density at radius 3 is 2.29 bits per heavy atom. The van der Waals surface area contributed by atoms with E-state index in [9.17, 15) is 9.59 Å². The predicted octanol–water partition coefficient (Wildman–Crippen LogP) is 3.47. The minimum Gasteiger partial charge on any atom is -0.456 e. The van der Waals surface area contributed by atoms with Crippen LogP contribution in [0.1, 0.15) is 23.4 Å². The van der Waals surface area contributed by atoms with Gasteiger partial charge in [-0.15, -0.1) is 10.2 Å². The van der Waals surface area contributed by atoms with Gasteiger partial charge in [-0.25, -0.2) is 0 Å². The number of anilines is 1. The number of benzene rings is 2. The number of amides is 1. The van der Waals surface area contributed by atoms with E-state index in [0.717, 1.165) is 16.7 Å². The summed E-state index contributed by atoms with van der Waals surface area (Å²) in [6.45, 7) is 3.61. The molecule has 0 saturated heterocycles. The third-order valence-electron chi connectivity index (χ3n) is 4.01. The predicted molar refractivity (Wildman–Crippen MR) is 104 cm³/mol. The molecule has 1 N–H and O–H groups in total. The summed E-state index contributed by atoms with van der Waals surface area (Å²) in [6.07, 6.45) is 0.296. The number of ether oxygens (including phenoxy) is 1. The van der Waals surface area contributed by atoms with Crippen LogP contribution >= 0.6 is 0 Å². The monoisotopic (exact) mass is 379 g/mol.